The van der Waals surface area contributed by atoms with Crippen LogP contribution in [0.25, 0.3) is 16.9 Å². The van der Waals surface area contributed by atoms with Crippen molar-refractivity contribution in [2.75, 3.05) is 11.5 Å². The fourth-order valence-corrected chi connectivity index (χ4v) is 4.81. The maximum Gasteiger partial charge on any atom is 0.416 e. The number of aromatic nitrogens is 3. The molecule has 0 radical (unpaired) electrons. The van der Waals surface area contributed by atoms with E-state index in [0.717, 1.165) is 16.8 Å². The molecular formula is C21H17F3N4O4S. The van der Waals surface area contributed by atoms with E-state index in [1.165, 1.54) is 36.7 Å². The van der Waals surface area contributed by atoms with Gasteiger partial charge in [-0.25, -0.2) is 0 Å². The van der Waals surface area contributed by atoms with Gasteiger partial charge in [0.2, 0.25) is 0 Å². The molecule has 172 valence electrons. The summed E-state index contributed by atoms with van der Waals surface area (Å²) in [5.41, 5.74) is -1.41. The molecule has 33 heavy (non-hydrogen) atoms. The Bertz CT molecular complexity index is 1220. The zero-order valence-electron chi connectivity index (χ0n) is 16.8. The predicted octanol–water partition coefficient (Wildman–Crippen LogP) is 1.53. The summed E-state index contributed by atoms with van der Waals surface area (Å²) in [6, 6.07) is 7.59. The molecule has 12 heteroatoms. The van der Waals surface area contributed by atoms with Crippen LogP contribution >= 0.6 is 0 Å². The van der Waals surface area contributed by atoms with Crippen molar-refractivity contribution in [1.29, 1.82) is 0 Å². The van der Waals surface area contributed by atoms with Crippen LogP contribution in [0.2, 0.25) is 0 Å². The van der Waals surface area contributed by atoms with Crippen molar-refractivity contribution in [3.05, 3.63) is 76.3 Å². The number of alkyl halides is 3. The molecule has 1 amide bonds. The number of hydrogen-bond acceptors (Lipinski definition) is 6. The third-order valence-corrected chi connectivity index (χ3v) is 6.50. The quantitative estimate of drug-likeness (QED) is 0.549. The molecular weight excluding hydrogens is 461 g/mol. The van der Waals surface area contributed by atoms with Crippen LogP contribution in [0.5, 0.6) is 0 Å². The number of nitrogens with zero attached hydrogens (tertiary/aromatic N) is 3. The lowest BCUT2D eigenvalue weighted by Crippen LogP contribution is -2.44. The second-order valence-electron chi connectivity index (χ2n) is 7.37. The van der Waals surface area contributed by atoms with E-state index in [2.05, 4.69) is 15.4 Å². The van der Waals surface area contributed by atoms with E-state index < -0.39 is 46.5 Å². The summed E-state index contributed by atoms with van der Waals surface area (Å²) in [5, 5.41) is 16.7. The van der Waals surface area contributed by atoms with Gasteiger partial charge in [-0.05, 0) is 41.5 Å². The van der Waals surface area contributed by atoms with Crippen LogP contribution in [-0.2, 0) is 17.4 Å². The Kier molecular flexibility index (Phi) is 6.23. The molecule has 0 bridgehead atoms. The maximum absolute atomic E-state index is 13.0. The first-order valence-electron chi connectivity index (χ1n) is 9.70. The molecule has 1 aromatic carbocycles. The van der Waals surface area contributed by atoms with Crippen molar-refractivity contribution in [1.82, 2.24) is 20.1 Å². The molecule has 3 heterocycles. The van der Waals surface area contributed by atoms with Gasteiger partial charge in [-0.15, -0.1) is 0 Å². The summed E-state index contributed by atoms with van der Waals surface area (Å²) >= 11 is -1.30. The number of aliphatic hydroxyl groups is 1. The van der Waals surface area contributed by atoms with Crippen LogP contribution in [0.1, 0.15) is 15.9 Å². The zero-order valence-corrected chi connectivity index (χ0v) is 17.6. The van der Waals surface area contributed by atoms with E-state index in [1.54, 1.807) is 6.07 Å². The summed E-state index contributed by atoms with van der Waals surface area (Å²) in [6.07, 6.45) is -2.72. The van der Waals surface area contributed by atoms with Crippen molar-refractivity contribution in [2.24, 2.45) is 0 Å². The number of halogens is 3. The van der Waals surface area contributed by atoms with Crippen molar-refractivity contribution >= 4 is 17.1 Å². The number of pyridine rings is 1. The number of hydrogen-bond donors (Lipinski definition) is 2. The Hall–Kier alpha value is -3.22. The highest BCUT2D eigenvalue weighted by Crippen LogP contribution is 2.30. The average molecular weight is 478 g/mol. The fourth-order valence-electron chi connectivity index (χ4n) is 3.35. The number of aliphatic hydroxyl groups excluding tert-OH is 1. The number of nitrogens with one attached hydrogen (secondary N) is 1. The molecule has 3 aromatic rings. The zero-order chi connectivity index (χ0) is 23.8. The molecule has 3 atom stereocenters. The first-order chi connectivity index (χ1) is 15.6. The van der Waals surface area contributed by atoms with Crippen LogP contribution in [0.15, 0.2) is 59.7 Å². The van der Waals surface area contributed by atoms with E-state index in [9.17, 15) is 32.4 Å². The van der Waals surface area contributed by atoms with Gasteiger partial charge in [-0.2, -0.15) is 23.0 Å². The van der Waals surface area contributed by atoms with Gasteiger partial charge in [0.05, 0.1) is 23.1 Å². The minimum Gasteiger partial charge on any atom is -0.616 e. The van der Waals surface area contributed by atoms with Crippen LogP contribution in [0.4, 0.5) is 13.2 Å². The summed E-state index contributed by atoms with van der Waals surface area (Å²) in [6.45, 7) is 0. The van der Waals surface area contributed by atoms with Gasteiger partial charge in [-0.3, -0.25) is 14.6 Å². The Labute approximate surface area is 188 Å². The number of rotatable bonds is 4. The molecule has 2 N–H and O–H groups in total. The summed E-state index contributed by atoms with van der Waals surface area (Å²) in [4.78, 5) is 29.9. The molecule has 0 aliphatic carbocycles. The first-order valence-corrected chi connectivity index (χ1v) is 11.2. The Morgan fingerprint density at radius 3 is 2.52 bits per heavy atom. The van der Waals surface area contributed by atoms with Crippen LogP contribution in [0.3, 0.4) is 0 Å². The summed E-state index contributed by atoms with van der Waals surface area (Å²) < 4.78 is 51.4. The van der Waals surface area contributed by atoms with E-state index >= 15 is 0 Å². The van der Waals surface area contributed by atoms with E-state index in [4.69, 9.17) is 0 Å². The van der Waals surface area contributed by atoms with Crippen molar-refractivity contribution in [3.63, 3.8) is 0 Å². The smallest absolute Gasteiger partial charge is 0.416 e. The number of carbonyl (C=O) groups is 1. The Morgan fingerprint density at radius 1 is 1.21 bits per heavy atom. The third-order valence-electron chi connectivity index (χ3n) is 5.06. The second kappa shape index (κ2) is 8.96. The monoisotopic (exact) mass is 478 g/mol. The third kappa shape index (κ3) is 4.92. The highest BCUT2D eigenvalue weighted by Gasteiger charge is 2.37. The maximum atomic E-state index is 13.0. The van der Waals surface area contributed by atoms with Gasteiger partial charge in [0.1, 0.15) is 29.2 Å². The topological polar surface area (TPSA) is 120 Å². The first kappa shape index (κ1) is 23.0. The van der Waals surface area contributed by atoms with Crippen molar-refractivity contribution < 1.29 is 27.6 Å². The molecule has 4 rings (SSSR count). The van der Waals surface area contributed by atoms with Gasteiger partial charge < -0.3 is 15.0 Å². The van der Waals surface area contributed by atoms with Gasteiger partial charge in [0, 0.05) is 11.8 Å². The van der Waals surface area contributed by atoms with Gasteiger partial charge in [0.25, 0.3) is 11.5 Å². The molecule has 0 spiro atoms. The summed E-state index contributed by atoms with van der Waals surface area (Å²) in [5.74, 6) is -0.769. The second-order valence-corrected chi connectivity index (χ2v) is 8.91. The normalized spacial score (nSPS) is 20.6. The minimum atomic E-state index is -4.52. The lowest BCUT2D eigenvalue weighted by molar-refractivity contribution is -0.137. The van der Waals surface area contributed by atoms with Crippen LogP contribution in [-0.4, -0.2) is 54.0 Å². The minimum absolute atomic E-state index is 0.0119. The number of carbonyl (C=O) groups excluding carboxylic acids is 1. The molecule has 1 saturated heterocycles. The molecule has 1 aliphatic rings. The fraction of sp³-hybridized carbons (Fsp3) is 0.238. The van der Waals surface area contributed by atoms with Crippen molar-refractivity contribution in [3.8, 4) is 16.9 Å². The molecule has 8 nitrogen and oxygen atoms in total. The predicted molar refractivity (Wildman–Crippen MR) is 113 cm³/mol. The van der Waals surface area contributed by atoms with Crippen LogP contribution < -0.4 is 10.9 Å². The Morgan fingerprint density at radius 2 is 1.94 bits per heavy atom. The lowest BCUT2D eigenvalue weighted by Gasteiger charge is -2.15. The highest BCUT2D eigenvalue weighted by molar-refractivity contribution is 7.91. The van der Waals surface area contributed by atoms with Gasteiger partial charge >= 0.3 is 6.18 Å². The van der Waals surface area contributed by atoms with Crippen molar-refractivity contribution in [2.45, 2.75) is 18.3 Å². The standard InChI is InChI=1S/C21H17F3N4O4S/c22-21(23,24)13-5-3-12(4-6-13)16-8-15(19(30)26-17-10-33(32)11-18(17)29)20(31)28(27-16)14-2-1-7-25-9-14/h1-9,17-18,29H,10-11H2,(H,26,30)/t17-,18+,33-/m0/s1. The number of amides is 1. The van der Waals surface area contributed by atoms with Crippen LogP contribution in [0, 0.1) is 0 Å². The van der Waals surface area contributed by atoms with E-state index in [1.807, 2.05) is 0 Å². The average Bonchev–Trinajstić information content (AvgIpc) is 3.10. The molecule has 0 unspecified atom stereocenters. The summed E-state index contributed by atoms with van der Waals surface area (Å²) in [7, 11) is 0. The number of benzene rings is 1. The van der Waals surface area contributed by atoms with E-state index in [0.29, 0.717) is 0 Å². The van der Waals surface area contributed by atoms with Gasteiger partial charge in [0.15, 0.2) is 0 Å². The molecule has 1 fully saturated rings. The lowest BCUT2D eigenvalue weighted by atomic mass is 10.1. The van der Waals surface area contributed by atoms with E-state index in [-0.39, 0.29) is 34.0 Å². The van der Waals surface area contributed by atoms with Gasteiger partial charge in [-0.1, -0.05) is 12.1 Å². The Balaban J connectivity index is 1.77. The molecule has 1 aliphatic heterocycles. The molecule has 2 aromatic heterocycles. The molecule has 0 saturated carbocycles. The largest absolute Gasteiger partial charge is 0.616 e. The highest BCUT2D eigenvalue weighted by atomic mass is 32.2. The SMILES string of the molecule is O=C(N[C@H]1C[S@+]([O-])C[C@H]1O)c1cc(-c2ccc(C(F)(F)F)cc2)nn(-c2cccnc2)c1=O.